The summed E-state index contributed by atoms with van der Waals surface area (Å²) in [5, 5.41) is 2.98. The van der Waals surface area contributed by atoms with Gasteiger partial charge in [0.1, 0.15) is 11.9 Å². The molecular weight excluding hydrogens is 204 g/mol. The third-order valence-corrected chi connectivity index (χ3v) is 2.91. The van der Waals surface area contributed by atoms with Crippen LogP contribution in [0.1, 0.15) is 12.8 Å². The van der Waals surface area contributed by atoms with Crippen LogP contribution in [0, 0.1) is 0 Å². The van der Waals surface area contributed by atoms with E-state index in [-0.39, 0.29) is 11.9 Å². The summed E-state index contributed by atoms with van der Waals surface area (Å²) in [4.78, 5) is 17.5. The Bertz CT molecular complexity index is 393. The van der Waals surface area contributed by atoms with E-state index < -0.39 is 0 Å². The minimum Gasteiger partial charge on any atom is -0.373 e. The summed E-state index contributed by atoms with van der Waals surface area (Å²) in [6.07, 6.45) is 3.58. The Morgan fingerprint density at radius 3 is 3.19 bits per heavy atom. The van der Waals surface area contributed by atoms with Gasteiger partial charge in [-0.2, -0.15) is 0 Å². The van der Waals surface area contributed by atoms with E-state index in [4.69, 9.17) is 5.73 Å². The van der Waals surface area contributed by atoms with Crippen LogP contribution in [0.3, 0.4) is 0 Å². The first-order chi connectivity index (χ1) is 7.72. The molecule has 5 nitrogen and oxygen atoms in total. The molecule has 5 heteroatoms. The number of aromatic nitrogens is 1. The lowest BCUT2D eigenvalue weighted by Gasteiger charge is -2.24. The molecule has 0 aliphatic carbocycles. The molecule has 1 unspecified atom stereocenters. The van der Waals surface area contributed by atoms with Gasteiger partial charge in [-0.15, -0.1) is 0 Å². The minimum absolute atomic E-state index is 0.174. The van der Waals surface area contributed by atoms with E-state index in [2.05, 4.69) is 10.3 Å². The number of nitrogens with one attached hydrogen (secondary N) is 1. The molecule has 1 aliphatic rings. The van der Waals surface area contributed by atoms with Crippen LogP contribution in [0.4, 0.5) is 11.5 Å². The molecule has 16 heavy (non-hydrogen) atoms. The van der Waals surface area contributed by atoms with Crippen LogP contribution in [0.15, 0.2) is 18.3 Å². The number of carbonyl (C=O) groups is 1. The summed E-state index contributed by atoms with van der Waals surface area (Å²) in [6, 6.07) is 3.66. The van der Waals surface area contributed by atoms with Crippen molar-refractivity contribution in [2.75, 3.05) is 23.8 Å². The predicted octanol–water partition coefficient (Wildman–Crippen LogP) is 0.577. The zero-order valence-electron chi connectivity index (χ0n) is 9.31. The first-order valence-electron chi connectivity index (χ1n) is 5.42. The monoisotopic (exact) mass is 220 g/mol. The zero-order chi connectivity index (χ0) is 11.5. The van der Waals surface area contributed by atoms with E-state index in [1.54, 1.807) is 6.20 Å². The van der Waals surface area contributed by atoms with Gasteiger partial charge in [-0.25, -0.2) is 4.98 Å². The molecule has 1 aromatic rings. The number of primary amides is 1. The maximum atomic E-state index is 11.3. The average Bonchev–Trinajstić information content (AvgIpc) is 2.78. The maximum absolute atomic E-state index is 11.3. The topological polar surface area (TPSA) is 71.2 Å². The Hall–Kier alpha value is -1.78. The lowest BCUT2D eigenvalue weighted by molar-refractivity contribution is -0.119. The van der Waals surface area contributed by atoms with E-state index in [0.29, 0.717) is 0 Å². The van der Waals surface area contributed by atoms with Crippen molar-refractivity contribution in [3.63, 3.8) is 0 Å². The van der Waals surface area contributed by atoms with Crippen molar-refractivity contribution in [2.24, 2.45) is 5.73 Å². The summed E-state index contributed by atoms with van der Waals surface area (Å²) in [5.41, 5.74) is 6.38. The van der Waals surface area contributed by atoms with Gasteiger partial charge in [0.05, 0.1) is 0 Å². The fourth-order valence-electron chi connectivity index (χ4n) is 2.11. The van der Waals surface area contributed by atoms with Gasteiger partial charge in [0.25, 0.3) is 0 Å². The van der Waals surface area contributed by atoms with Crippen LogP contribution in [0.5, 0.6) is 0 Å². The number of amides is 1. The molecule has 86 valence electrons. The van der Waals surface area contributed by atoms with E-state index in [9.17, 15) is 4.79 Å². The van der Waals surface area contributed by atoms with Crippen LogP contribution in [0.2, 0.25) is 0 Å². The Morgan fingerprint density at radius 2 is 2.50 bits per heavy atom. The quantitative estimate of drug-likeness (QED) is 0.781. The number of anilines is 2. The van der Waals surface area contributed by atoms with Gasteiger partial charge in [-0.05, 0) is 18.9 Å². The van der Waals surface area contributed by atoms with E-state index in [1.165, 1.54) is 0 Å². The average molecular weight is 220 g/mol. The Balaban J connectivity index is 2.25. The smallest absolute Gasteiger partial charge is 0.240 e. The molecule has 1 saturated heterocycles. The molecule has 0 saturated carbocycles. The second kappa shape index (κ2) is 4.38. The van der Waals surface area contributed by atoms with Crippen molar-refractivity contribution in [3.05, 3.63) is 18.3 Å². The van der Waals surface area contributed by atoms with E-state index >= 15 is 0 Å². The molecule has 1 aliphatic heterocycles. The van der Waals surface area contributed by atoms with E-state index in [1.807, 2.05) is 24.1 Å². The van der Waals surface area contributed by atoms with Crippen molar-refractivity contribution in [1.82, 2.24) is 4.98 Å². The van der Waals surface area contributed by atoms with Crippen molar-refractivity contribution in [2.45, 2.75) is 18.9 Å². The van der Waals surface area contributed by atoms with Gasteiger partial charge in [0.15, 0.2) is 0 Å². The van der Waals surface area contributed by atoms with Crippen LogP contribution in [-0.2, 0) is 4.79 Å². The molecule has 0 bridgehead atoms. The molecular formula is C11H16N4O. The van der Waals surface area contributed by atoms with Crippen molar-refractivity contribution in [3.8, 4) is 0 Å². The summed E-state index contributed by atoms with van der Waals surface area (Å²) in [5.74, 6) is 0.549. The SMILES string of the molecule is CNc1cc(N2CCCC2C(N)=O)ccn1. The standard InChI is InChI=1S/C11H16N4O/c1-13-10-7-8(4-5-14-10)15-6-2-3-9(15)11(12)16/h4-5,7,9H,2-3,6H2,1H3,(H2,12,16)(H,13,14). The summed E-state index contributed by atoms with van der Waals surface area (Å²) >= 11 is 0. The van der Waals surface area contributed by atoms with Crippen LogP contribution >= 0.6 is 0 Å². The summed E-state index contributed by atoms with van der Waals surface area (Å²) < 4.78 is 0. The second-order valence-corrected chi connectivity index (χ2v) is 3.90. The molecule has 0 radical (unpaired) electrons. The van der Waals surface area contributed by atoms with E-state index in [0.717, 1.165) is 30.9 Å². The van der Waals surface area contributed by atoms with Crippen molar-refractivity contribution < 1.29 is 4.79 Å². The van der Waals surface area contributed by atoms with Crippen LogP contribution in [-0.4, -0.2) is 30.5 Å². The Labute approximate surface area is 94.6 Å². The third-order valence-electron chi connectivity index (χ3n) is 2.91. The first-order valence-corrected chi connectivity index (χ1v) is 5.42. The number of hydrogen-bond donors (Lipinski definition) is 2. The number of pyridine rings is 1. The highest BCUT2D eigenvalue weighted by Crippen LogP contribution is 2.26. The molecule has 1 atom stereocenters. The van der Waals surface area contributed by atoms with Gasteiger partial charge in [-0.1, -0.05) is 0 Å². The number of rotatable bonds is 3. The van der Waals surface area contributed by atoms with Crippen LogP contribution < -0.4 is 16.0 Å². The number of hydrogen-bond acceptors (Lipinski definition) is 4. The number of nitrogens with two attached hydrogens (primary N) is 1. The normalized spacial score (nSPS) is 19.8. The van der Waals surface area contributed by atoms with Gasteiger partial charge in [0.2, 0.25) is 5.91 Å². The second-order valence-electron chi connectivity index (χ2n) is 3.90. The largest absolute Gasteiger partial charge is 0.373 e. The van der Waals surface area contributed by atoms with Crippen LogP contribution in [0.25, 0.3) is 0 Å². The minimum atomic E-state index is -0.250. The lowest BCUT2D eigenvalue weighted by Crippen LogP contribution is -2.40. The summed E-state index contributed by atoms with van der Waals surface area (Å²) in [7, 11) is 1.82. The van der Waals surface area contributed by atoms with Gasteiger partial charge < -0.3 is 16.0 Å². The molecule has 0 spiro atoms. The number of nitrogens with zero attached hydrogens (tertiary/aromatic N) is 2. The fourth-order valence-corrected chi connectivity index (χ4v) is 2.11. The Morgan fingerprint density at radius 1 is 1.69 bits per heavy atom. The molecule has 1 aromatic heterocycles. The molecule has 0 aromatic carbocycles. The van der Waals surface area contributed by atoms with Crippen molar-refractivity contribution in [1.29, 1.82) is 0 Å². The highest BCUT2D eigenvalue weighted by molar-refractivity contribution is 5.84. The summed E-state index contributed by atoms with van der Waals surface area (Å²) in [6.45, 7) is 0.876. The molecule has 1 fully saturated rings. The highest BCUT2D eigenvalue weighted by atomic mass is 16.1. The molecule has 2 rings (SSSR count). The van der Waals surface area contributed by atoms with Gasteiger partial charge in [0, 0.05) is 31.5 Å². The number of carbonyl (C=O) groups excluding carboxylic acids is 1. The zero-order valence-corrected chi connectivity index (χ0v) is 9.31. The molecule has 2 heterocycles. The first kappa shape index (κ1) is 10.7. The lowest BCUT2D eigenvalue weighted by atomic mass is 10.2. The molecule has 3 N–H and O–H groups in total. The highest BCUT2D eigenvalue weighted by Gasteiger charge is 2.29. The fraction of sp³-hybridized carbons (Fsp3) is 0.455. The molecule has 1 amide bonds. The Kier molecular flexibility index (Phi) is 2.94. The van der Waals surface area contributed by atoms with Gasteiger partial charge >= 0.3 is 0 Å². The third kappa shape index (κ3) is 1.93. The maximum Gasteiger partial charge on any atom is 0.240 e. The predicted molar refractivity (Wildman–Crippen MR) is 63.3 cm³/mol. The van der Waals surface area contributed by atoms with Gasteiger partial charge in [-0.3, -0.25) is 4.79 Å². The van der Waals surface area contributed by atoms with Crippen molar-refractivity contribution >= 4 is 17.4 Å².